The Morgan fingerprint density at radius 3 is 2.73 bits per heavy atom. The smallest absolute Gasteiger partial charge is 0.124 e. The summed E-state index contributed by atoms with van der Waals surface area (Å²) >= 11 is 5.19. The molecule has 15 heavy (non-hydrogen) atoms. The summed E-state index contributed by atoms with van der Waals surface area (Å²) in [5, 5.41) is 2.06. The maximum atomic E-state index is 5.74. The highest BCUT2D eigenvalue weighted by atomic mass is 79.9. The average Bonchev–Trinajstić information content (AvgIpc) is 2.63. The van der Waals surface area contributed by atoms with Crippen molar-refractivity contribution < 1.29 is 4.74 Å². The molecule has 0 amide bonds. The third kappa shape index (κ3) is 2.61. The fourth-order valence-electron chi connectivity index (χ4n) is 1.29. The van der Waals surface area contributed by atoms with Crippen molar-refractivity contribution in [2.75, 3.05) is 0 Å². The van der Waals surface area contributed by atoms with Gasteiger partial charge in [-0.05, 0) is 45.9 Å². The Morgan fingerprint density at radius 2 is 2.07 bits per heavy atom. The van der Waals surface area contributed by atoms with E-state index in [0.29, 0.717) is 6.61 Å². The zero-order valence-corrected chi connectivity index (χ0v) is 10.8. The van der Waals surface area contributed by atoms with Crippen molar-refractivity contribution in [3.05, 3.63) is 50.6 Å². The minimum absolute atomic E-state index is 0.628. The van der Waals surface area contributed by atoms with Gasteiger partial charge in [0.25, 0.3) is 0 Å². The summed E-state index contributed by atoms with van der Waals surface area (Å²) in [6, 6.07) is 10.1. The minimum atomic E-state index is 0.628. The molecule has 3 heteroatoms. The number of aryl methyl sites for hydroxylation is 1. The van der Waals surface area contributed by atoms with Gasteiger partial charge in [0.1, 0.15) is 12.4 Å². The van der Waals surface area contributed by atoms with Gasteiger partial charge < -0.3 is 4.74 Å². The summed E-state index contributed by atoms with van der Waals surface area (Å²) in [6.07, 6.45) is 0. The van der Waals surface area contributed by atoms with E-state index in [1.807, 2.05) is 24.3 Å². The van der Waals surface area contributed by atoms with E-state index >= 15 is 0 Å². The molecule has 0 atom stereocenters. The quantitative estimate of drug-likeness (QED) is 0.811. The van der Waals surface area contributed by atoms with Crippen LogP contribution in [-0.4, -0.2) is 0 Å². The van der Waals surface area contributed by atoms with Crippen LogP contribution in [0.1, 0.15) is 10.4 Å². The van der Waals surface area contributed by atoms with E-state index in [0.717, 1.165) is 10.2 Å². The predicted molar refractivity (Wildman–Crippen MR) is 67.5 cm³/mol. The van der Waals surface area contributed by atoms with Crippen molar-refractivity contribution >= 4 is 27.3 Å². The minimum Gasteiger partial charge on any atom is -0.488 e. The van der Waals surface area contributed by atoms with Crippen LogP contribution in [0.2, 0.25) is 0 Å². The summed E-state index contributed by atoms with van der Waals surface area (Å²) < 4.78 is 6.87. The van der Waals surface area contributed by atoms with Gasteiger partial charge in [-0.3, -0.25) is 0 Å². The third-order valence-electron chi connectivity index (χ3n) is 2.14. The average molecular weight is 283 g/mol. The topological polar surface area (TPSA) is 9.23 Å². The molecule has 0 aliphatic rings. The van der Waals surface area contributed by atoms with Crippen molar-refractivity contribution in [3.8, 4) is 5.75 Å². The van der Waals surface area contributed by atoms with Crippen LogP contribution in [0.4, 0.5) is 0 Å². The Hall–Kier alpha value is -0.800. The van der Waals surface area contributed by atoms with Crippen LogP contribution in [0, 0.1) is 6.92 Å². The zero-order valence-electron chi connectivity index (χ0n) is 8.37. The maximum absolute atomic E-state index is 5.74. The number of rotatable bonds is 3. The van der Waals surface area contributed by atoms with Crippen molar-refractivity contribution in [3.63, 3.8) is 0 Å². The Balaban J connectivity index is 2.06. The highest BCUT2D eigenvalue weighted by Gasteiger charge is 2.03. The Morgan fingerprint density at radius 1 is 1.27 bits per heavy atom. The van der Waals surface area contributed by atoms with E-state index < -0.39 is 0 Å². The Kier molecular flexibility index (Phi) is 3.44. The van der Waals surface area contributed by atoms with Crippen molar-refractivity contribution in [1.82, 2.24) is 0 Å². The van der Waals surface area contributed by atoms with Gasteiger partial charge in [0.2, 0.25) is 0 Å². The number of hydrogen-bond donors (Lipinski definition) is 0. The highest BCUT2D eigenvalue weighted by molar-refractivity contribution is 9.10. The molecule has 0 N–H and O–H groups in total. The van der Waals surface area contributed by atoms with Crippen LogP contribution in [-0.2, 0) is 6.61 Å². The molecule has 0 bridgehead atoms. The summed E-state index contributed by atoms with van der Waals surface area (Å²) in [7, 11) is 0. The Labute approximate surface area is 102 Å². The molecule has 1 heterocycles. The first-order valence-corrected chi connectivity index (χ1v) is 6.35. The van der Waals surface area contributed by atoms with Crippen LogP contribution in [0.15, 0.2) is 40.2 Å². The number of thiophene rings is 1. The van der Waals surface area contributed by atoms with Crippen molar-refractivity contribution in [2.45, 2.75) is 13.5 Å². The van der Waals surface area contributed by atoms with Gasteiger partial charge in [0, 0.05) is 4.47 Å². The molecule has 0 fully saturated rings. The van der Waals surface area contributed by atoms with E-state index in [4.69, 9.17) is 4.74 Å². The van der Waals surface area contributed by atoms with E-state index in [-0.39, 0.29) is 0 Å². The zero-order chi connectivity index (χ0) is 10.7. The predicted octanol–water partition coefficient (Wildman–Crippen LogP) is 4.40. The molecule has 78 valence electrons. The number of ether oxygens (including phenoxy) is 1. The van der Waals surface area contributed by atoms with E-state index in [9.17, 15) is 0 Å². The largest absolute Gasteiger partial charge is 0.488 e. The van der Waals surface area contributed by atoms with Gasteiger partial charge in [-0.2, -0.15) is 0 Å². The second kappa shape index (κ2) is 4.81. The lowest BCUT2D eigenvalue weighted by Gasteiger charge is -2.07. The van der Waals surface area contributed by atoms with Gasteiger partial charge in [0.15, 0.2) is 0 Å². The van der Waals surface area contributed by atoms with Crippen LogP contribution < -0.4 is 4.74 Å². The second-order valence-corrected chi connectivity index (χ2v) is 5.10. The first kappa shape index (κ1) is 10.7. The fourth-order valence-corrected chi connectivity index (χ4v) is 2.67. The van der Waals surface area contributed by atoms with Crippen molar-refractivity contribution in [2.24, 2.45) is 0 Å². The molecular weight excluding hydrogens is 272 g/mol. The van der Waals surface area contributed by atoms with E-state index in [1.165, 1.54) is 10.4 Å². The lowest BCUT2D eigenvalue weighted by atomic mass is 10.2. The highest BCUT2D eigenvalue weighted by Crippen LogP contribution is 2.25. The summed E-state index contributed by atoms with van der Waals surface area (Å²) in [5.74, 6) is 0.956. The van der Waals surface area contributed by atoms with Gasteiger partial charge in [-0.25, -0.2) is 0 Å². The van der Waals surface area contributed by atoms with Gasteiger partial charge in [-0.1, -0.05) is 18.2 Å². The van der Waals surface area contributed by atoms with E-state index in [2.05, 4.69) is 34.3 Å². The number of benzene rings is 1. The Bertz CT molecular complexity index is 450. The normalized spacial score (nSPS) is 10.3. The first-order chi connectivity index (χ1) is 7.27. The monoisotopic (exact) mass is 282 g/mol. The summed E-state index contributed by atoms with van der Waals surface area (Å²) in [5.41, 5.74) is 1.17. The number of para-hydroxylation sites is 1. The van der Waals surface area contributed by atoms with Gasteiger partial charge >= 0.3 is 0 Å². The van der Waals surface area contributed by atoms with Crippen molar-refractivity contribution in [1.29, 1.82) is 0 Å². The standard InChI is InChI=1S/C12H11BrOS/c1-9-4-2-3-5-11(9)14-8-12-10(13)6-7-15-12/h2-7H,8H2,1H3. The molecule has 1 aromatic heterocycles. The molecule has 0 radical (unpaired) electrons. The van der Waals surface area contributed by atoms with Crippen LogP contribution in [0.5, 0.6) is 5.75 Å². The molecule has 0 unspecified atom stereocenters. The molecular formula is C12H11BrOS. The van der Waals surface area contributed by atoms with Crippen LogP contribution in [0.3, 0.4) is 0 Å². The SMILES string of the molecule is Cc1ccccc1OCc1sccc1Br. The van der Waals surface area contributed by atoms with Crippen LogP contribution in [0.25, 0.3) is 0 Å². The molecule has 0 aliphatic carbocycles. The van der Waals surface area contributed by atoms with Crippen LogP contribution >= 0.6 is 27.3 Å². The molecule has 0 spiro atoms. The summed E-state index contributed by atoms with van der Waals surface area (Å²) in [6.45, 7) is 2.68. The molecule has 0 aliphatic heterocycles. The molecule has 2 rings (SSSR count). The molecule has 2 aromatic rings. The number of hydrogen-bond acceptors (Lipinski definition) is 2. The molecule has 1 aromatic carbocycles. The maximum Gasteiger partial charge on any atom is 0.124 e. The second-order valence-electron chi connectivity index (χ2n) is 3.25. The van der Waals surface area contributed by atoms with Gasteiger partial charge in [0.05, 0.1) is 4.88 Å². The lowest BCUT2D eigenvalue weighted by Crippen LogP contribution is -1.95. The molecule has 0 saturated carbocycles. The fraction of sp³-hybridized carbons (Fsp3) is 0.167. The first-order valence-electron chi connectivity index (χ1n) is 4.67. The third-order valence-corrected chi connectivity index (χ3v) is 4.04. The van der Waals surface area contributed by atoms with Gasteiger partial charge in [-0.15, -0.1) is 11.3 Å². The summed E-state index contributed by atoms with van der Waals surface area (Å²) in [4.78, 5) is 1.22. The molecule has 1 nitrogen and oxygen atoms in total. The molecule has 0 saturated heterocycles. The lowest BCUT2D eigenvalue weighted by molar-refractivity contribution is 0.307. The van der Waals surface area contributed by atoms with E-state index in [1.54, 1.807) is 11.3 Å². The number of halogens is 1.